The minimum atomic E-state index is -0.120. The molecular weight excluding hydrogens is 187 g/mol. The van der Waals surface area contributed by atoms with E-state index in [9.17, 15) is 4.39 Å². The fourth-order valence-electron chi connectivity index (χ4n) is 1.80. The van der Waals surface area contributed by atoms with Crippen LogP contribution in [0.2, 0.25) is 0 Å². The molecule has 0 nitrogen and oxygen atoms in total. The third-order valence-electron chi connectivity index (χ3n) is 2.53. The van der Waals surface area contributed by atoms with Gasteiger partial charge in [-0.3, -0.25) is 0 Å². The van der Waals surface area contributed by atoms with Gasteiger partial charge in [0.2, 0.25) is 0 Å². The monoisotopic (exact) mass is 210 g/mol. The topological polar surface area (TPSA) is 0 Å². The van der Waals surface area contributed by atoms with Crippen LogP contribution in [0.1, 0.15) is 47.0 Å². The van der Waals surface area contributed by atoms with Gasteiger partial charge in [-0.2, -0.15) is 0 Å². The zero-order valence-corrected chi connectivity index (χ0v) is 10.4. The van der Waals surface area contributed by atoms with Gasteiger partial charge in [-0.05, 0) is 44.3 Å². The molecule has 0 aliphatic rings. The van der Waals surface area contributed by atoms with Crippen molar-refractivity contribution in [1.82, 2.24) is 0 Å². The van der Waals surface area contributed by atoms with E-state index < -0.39 is 0 Å². The molecule has 15 heavy (non-hydrogen) atoms. The molecule has 0 aliphatic carbocycles. The molecule has 1 unspecified atom stereocenters. The molecule has 86 valence electrons. The van der Waals surface area contributed by atoms with Crippen LogP contribution in [0.15, 0.2) is 35.7 Å². The second-order valence-electron chi connectivity index (χ2n) is 3.98. The number of allylic oxidation sites excluding steroid dienone is 5. The first kappa shape index (κ1) is 14.2. The summed E-state index contributed by atoms with van der Waals surface area (Å²) in [7, 11) is 0. The maximum atomic E-state index is 13.8. The van der Waals surface area contributed by atoms with Gasteiger partial charge in [0.05, 0.1) is 0 Å². The highest BCUT2D eigenvalue weighted by molar-refractivity contribution is 5.32. The number of rotatable bonds is 6. The molecular formula is C14H23F. The molecule has 0 aromatic carbocycles. The van der Waals surface area contributed by atoms with E-state index >= 15 is 0 Å². The van der Waals surface area contributed by atoms with Crippen LogP contribution in [-0.4, -0.2) is 0 Å². The number of hydrogen-bond acceptors (Lipinski definition) is 0. The molecule has 0 radical (unpaired) electrons. The maximum absolute atomic E-state index is 13.8. The zero-order valence-electron chi connectivity index (χ0n) is 10.4. The Balaban J connectivity index is 4.82. The Kier molecular flexibility index (Phi) is 7.02. The Morgan fingerprint density at radius 1 is 1.40 bits per heavy atom. The van der Waals surface area contributed by atoms with Gasteiger partial charge < -0.3 is 0 Å². The summed E-state index contributed by atoms with van der Waals surface area (Å²) in [6, 6.07) is 0. The van der Waals surface area contributed by atoms with Crippen molar-refractivity contribution < 1.29 is 4.39 Å². The van der Waals surface area contributed by atoms with Gasteiger partial charge in [-0.15, -0.1) is 0 Å². The third-order valence-corrected chi connectivity index (χ3v) is 2.53. The van der Waals surface area contributed by atoms with Gasteiger partial charge in [-0.25, -0.2) is 4.39 Å². The second kappa shape index (κ2) is 7.44. The Morgan fingerprint density at radius 3 is 2.33 bits per heavy atom. The molecule has 0 amide bonds. The highest BCUT2D eigenvalue weighted by Gasteiger charge is 2.14. The first-order chi connectivity index (χ1) is 7.06. The van der Waals surface area contributed by atoms with Crippen LogP contribution >= 0.6 is 0 Å². The Morgan fingerprint density at radius 2 is 2.00 bits per heavy atom. The van der Waals surface area contributed by atoms with Crippen LogP contribution in [0.5, 0.6) is 0 Å². The Bertz CT molecular complexity index is 259. The van der Waals surface area contributed by atoms with E-state index in [1.54, 1.807) is 0 Å². The van der Waals surface area contributed by atoms with Crippen molar-refractivity contribution in [2.45, 2.75) is 47.0 Å². The van der Waals surface area contributed by atoms with E-state index in [2.05, 4.69) is 20.4 Å². The van der Waals surface area contributed by atoms with Crippen LogP contribution in [0.25, 0.3) is 0 Å². The molecule has 0 rings (SSSR count). The summed E-state index contributed by atoms with van der Waals surface area (Å²) in [4.78, 5) is 0. The third kappa shape index (κ3) is 4.96. The van der Waals surface area contributed by atoms with Gasteiger partial charge in [-0.1, -0.05) is 38.5 Å². The zero-order chi connectivity index (χ0) is 11.8. The molecule has 0 aromatic rings. The smallest absolute Gasteiger partial charge is 0.126 e. The van der Waals surface area contributed by atoms with E-state index in [0.717, 1.165) is 30.4 Å². The summed E-state index contributed by atoms with van der Waals surface area (Å²) in [5.41, 5.74) is 1.60. The van der Waals surface area contributed by atoms with Gasteiger partial charge >= 0.3 is 0 Å². The molecule has 0 fully saturated rings. The van der Waals surface area contributed by atoms with Gasteiger partial charge in [0.15, 0.2) is 0 Å². The Hall–Kier alpha value is -0.850. The van der Waals surface area contributed by atoms with Crippen molar-refractivity contribution in [1.29, 1.82) is 0 Å². The molecule has 0 aromatic heterocycles. The molecule has 0 saturated heterocycles. The maximum Gasteiger partial charge on any atom is 0.126 e. The fraction of sp³-hybridized carbons (Fsp3) is 0.571. The molecule has 0 saturated carbocycles. The van der Waals surface area contributed by atoms with Crippen molar-refractivity contribution in [2.75, 3.05) is 0 Å². The Labute approximate surface area is 93.6 Å². The SMILES string of the molecule is C=C(C)/C=C(F)\C(=C/C)C(CC)CCC. The quantitative estimate of drug-likeness (QED) is 0.529. The van der Waals surface area contributed by atoms with Gasteiger partial charge in [0.1, 0.15) is 5.83 Å². The lowest BCUT2D eigenvalue weighted by Crippen LogP contribution is -2.03. The van der Waals surface area contributed by atoms with E-state index in [0.29, 0.717) is 5.92 Å². The lowest BCUT2D eigenvalue weighted by atomic mass is 9.90. The predicted octanol–water partition coefficient (Wildman–Crippen LogP) is 5.19. The normalized spacial score (nSPS) is 15.3. The standard InChI is InChI=1S/C14H23F/c1-6-9-12(7-2)13(8-3)14(15)10-11(4)5/h8,10,12H,4,6-7,9H2,1-3,5H3/b13-8-,14-10+. The van der Waals surface area contributed by atoms with E-state index in [-0.39, 0.29) is 5.83 Å². The number of halogens is 1. The van der Waals surface area contributed by atoms with Crippen molar-refractivity contribution >= 4 is 0 Å². The predicted molar refractivity (Wildman–Crippen MR) is 66.5 cm³/mol. The molecule has 1 atom stereocenters. The summed E-state index contributed by atoms with van der Waals surface area (Å²) in [6.45, 7) is 11.7. The summed E-state index contributed by atoms with van der Waals surface area (Å²) in [6.07, 6.45) is 6.54. The lowest BCUT2D eigenvalue weighted by molar-refractivity contribution is 0.504. The number of hydrogen-bond donors (Lipinski definition) is 0. The van der Waals surface area contributed by atoms with Crippen LogP contribution in [0.4, 0.5) is 4.39 Å². The van der Waals surface area contributed by atoms with Crippen molar-refractivity contribution in [3.05, 3.63) is 35.7 Å². The molecule has 0 N–H and O–H groups in total. The molecule has 1 heteroatoms. The van der Waals surface area contributed by atoms with Gasteiger partial charge in [0.25, 0.3) is 0 Å². The largest absolute Gasteiger partial charge is 0.207 e. The van der Waals surface area contributed by atoms with Gasteiger partial charge in [0, 0.05) is 0 Å². The molecule has 0 aliphatic heterocycles. The molecule has 0 spiro atoms. The van der Waals surface area contributed by atoms with E-state index in [4.69, 9.17) is 0 Å². The fourth-order valence-corrected chi connectivity index (χ4v) is 1.80. The summed E-state index contributed by atoms with van der Waals surface area (Å²) in [5, 5.41) is 0. The van der Waals surface area contributed by atoms with E-state index in [1.165, 1.54) is 6.08 Å². The van der Waals surface area contributed by atoms with Crippen LogP contribution in [-0.2, 0) is 0 Å². The minimum Gasteiger partial charge on any atom is -0.207 e. The van der Waals surface area contributed by atoms with Crippen molar-refractivity contribution in [3.8, 4) is 0 Å². The average molecular weight is 210 g/mol. The van der Waals surface area contributed by atoms with Crippen molar-refractivity contribution in [3.63, 3.8) is 0 Å². The van der Waals surface area contributed by atoms with Crippen LogP contribution in [0, 0.1) is 5.92 Å². The highest BCUT2D eigenvalue weighted by atomic mass is 19.1. The van der Waals surface area contributed by atoms with Crippen LogP contribution in [0.3, 0.4) is 0 Å². The van der Waals surface area contributed by atoms with E-state index in [1.807, 2.05) is 19.9 Å². The summed E-state index contributed by atoms with van der Waals surface area (Å²) < 4.78 is 13.8. The summed E-state index contributed by atoms with van der Waals surface area (Å²) >= 11 is 0. The lowest BCUT2D eigenvalue weighted by Gasteiger charge is -2.16. The second-order valence-corrected chi connectivity index (χ2v) is 3.98. The molecule has 0 heterocycles. The average Bonchev–Trinajstić information content (AvgIpc) is 2.16. The first-order valence-electron chi connectivity index (χ1n) is 5.76. The minimum absolute atomic E-state index is 0.120. The van der Waals surface area contributed by atoms with Crippen molar-refractivity contribution in [2.24, 2.45) is 5.92 Å². The van der Waals surface area contributed by atoms with Crippen LogP contribution < -0.4 is 0 Å². The molecule has 0 bridgehead atoms. The first-order valence-corrected chi connectivity index (χ1v) is 5.76. The highest BCUT2D eigenvalue weighted by Crippen LogP contribution is 2.28. The summed E-state index contributed by atoms with van der Waals surface area (Å²) in [5.74, 6) is 0.223.